The van der Waals surface area contributed by atoms with Crippen LogP contribution in [0.15, 0.2) is 63.9 Å². The van der Waals surface area contributed by atoms with Gasteiger partial charge in [0, 0.05) is 23.9 Å². The molecule has 2 heterocycles. The van der Waals surface area contributed by atoms with Gasteiger partial charge in [-0.25, -0.2) is 22.5 Å². The Hall–Kier alpha value is -3.76. The summed E-state index contributed by atoms with van der Waals surface area (Å²) in [7, 11) is 0. The van der Waals surface area contributed by atoms with E-state index in [9.17, 15) is 32.6 Å². The number of aliphatic hydroxyl groups excluding tert-OH is 1. The first-order valence-electron chi connectivity index (χ1n) is 9.60. The summed E-state index contributed by atoms with van der Waals surface area (Å²) in [6, 6.07) is 8.04. The lowest BCUT2D eigenvalue weighted by Crippen LogP contribution is -2.26. The van der Waals surface area contributed by atoms with E-state index in [0.717, 1.165) is 42.6 Å². The average molecular weight is 460 g/mol. The van der Waals surface area contributed by atoms with E-state index in [0.29, 0.717) is 10.6 Å². The largest absolute Gasteiger partial charge is 0.437 e. The summed E-state index contributed by atoms with van der Waals surface area (Å²) in [5.41, 5.74) is -3.63. The summed E-state index contributed by atoms with van der Waals surface area (Å²) in [5.74, 6) is -4.49. The molecule has 1 atom stereocenters. The first-order valence-corrected chi connectivity index (χ1v) is 9.60. The van der Waals surface area contributed by atoms with Crippen molar-refractivity contribution in [2.45, 2.75) is 12.5 Å². The van der Waals surface area contributed by atoms with Crippen LogP contribution >= 0.6 is 0 Å². The molecule has 0 aliphatic carbocycles. The fourth-order valence-corrected chi connectivity index (χ4v) is 3.19. The third kappa shape index (κ3) is 4.06. The summed E-state index contributed by atoms with van der Waals surface area (Å²) < 4.78 is 62.8. The van der Waals surface area contributed by atoms with Crippen LogP contribution in [-0.4, -0.2) is 26.4 Å². The van der Waals surface area contributed by atoms with E-state index in [4.69, 9.17) is 4.42 Å². The first-order chi connectivity index (χ1) is 15.6. The second-order valence-corrected chi connectivity index (χ2v) is 7.45. The normalized spacial score (nSPS) is 13.2. The highest BCUT2D eigenvalue weighted by molar-refractivity contribution is 5.77. The molecule has 0 aliphatic rings. The Bertz CT molecular complexity index is 1390. The van der Waals surface area contributed by atoms with Crippen LogP contribution in [-0.2, 0) is 5.60 Å². The summed E-state index contributed by atoms with van der Waals surface area (Å²) in [4.78, 5) is 16.5. The fourth-order valence-electron chi connectivity index (χ4n) is 3.19. The minimum Gasteiger partial charge on any atom is -0.437 e. The molecule has 33 heavy (non-hydrogen) atoms. The van der Waals surface area contributed by atoms with Gasteiger partial charge in [0.25, 0.3) is 5.56 Å². The van der Waals surface area contributed by atoms with Gasteiger partial charge < -0.3 is 14.6 Å². The number of para-hydroxylation sites is 1. The zero-order chi connectivity index (χ0) is 23.9. The van der Waals surface area contributed by atoms with Gasteiger partial charge in [-0.05, 0) is 37.3 Å². The van der Waals surface area contributed by atoms with E-state index in [2.05, 4.69) is 4.98 Å². The molecule has 0 aliphatic heterocycles. The van der Waals surface area contributed by atoms with Crippen LogP contribution < -0.4 is 5.56 Å². The molecule has 4 rings (SSSR count). The molecular formula is C23H16F4N2O4. The number of nitrogens with zero attached hydrogens (tertiary/aromatic N) is 2. The Morgan fingerprint density at radius 1 is 1.03 bits per heavy atom. The highest BCUT2D eigenvalue weighted by atomic mass is 19.1. The highest BCUT2D eigenvalue weighted by Gasteiger charge is 2.32. The molecule has 10 heteroatoms. The quantitative estimate of drug-likeness (QED) is 0.441. The van der Waals surface area contributed by atoms with E-state index < -0.39 is 52.6 Å². The van der Waals surface area contributed by atoms with Gasteiger partial charge in [0.15, 0.2) is 11.4 Å². The minimum absolute atomic E-state index is 0.0692. The molecule has 0 amide bonds. The van der Waals surface area contributed by atoms with Crippen LogP contribution in [0.4, 0.5) is 17.6 Å². The summed E-state index contributed by atoms with van der Waals surface area (Å²) in [6.45, 7) is 0.404. The molecular weight excluding hydrogens is 444 g/mol. The number of rotatable bonds is 5. The van der Waals surface area contributed by atoms with Gasteiger partial charge in [-0.1, -0.05) is 6.07 Å². The van der Waals surface area contributed by atoms with Crippen molar-refractivity contribution in [1.29, 1.82) is 0 Å². The van der Waals surface area contributed by atoms with Gasteiger partial charge in [-0.15, -0.1) is 0 Å². The van der Waals surface area contributed by atoms with Crippen molar-refractivity contribution in [2.24, 2.45) is 0 Å². The molecule has 0 unspecified atom stereocenters. The minimum atomic E-state index is -1.96. The number of oxazole rings is 1. The molecule has 2 aromatic heterocycles. The lowest BCUT2D eigenvalue weighted by atomic mass is 10.1. The number of aromatic nitrogens is 2. The molecule has 0 fully saturated rings. The van der Waals surface area contributed by atoms with Crippen molar-refractivity contribution >= 4 is 0 Å². The first kappa shape index (κ1) is 22.4. The van der Waals surface area contributed by atoms with Crippen LogP contribution in [0, 0.1) is 23.3 Å². The van der Waals surface area contributed by atoms with E-state index in [1.54, 1.807) is 0 Å². The molecule has 2 N–H and O–H groups in total. The SMILES string of the molecule is C[C@@](O)(CO)c1nc(-c2ccc(=O)n(-c3c(F)cccc3F)c2)c(-c2ccc(F)cc2F)o1. The van der Waals surface area contributed by atoms with Crippen molar-refractivity contribution in [3.8, 4) is 28.3 Å². The maximum atomic E-state index is 14.5. The lowest BCUT2D eigenvalue weighted by Gasteiger charge is -2.15. The predicted octanol–water partition coefficient (Wildman–Crippen LogP) is 3.92. The average Bonchev–Trinajstić information content (AvgIpc) is 3.21. The summed E-state index contributed by atoms with van der Waals surface area (Å²) >= 11 is 0. The topological polar surface area (TPSA) is 88.5 Å². The third-order valence-electron chi connectivity index (χ3n) is 4.93. The molecule has 0 saturated heterocycles. The Balaban J connectivity index is 1.98. The molecule has 0 radical (unpaired) electrons. The van der Waals surface area contributed by atoms with Crippen molar-refractivity contribution in [2.75, 3.05) is 6.61 Å². The molecule has 2 aromatic carbocycles. The predicted molar refractivity (Wildman–Crippen MR) is 109 cm³/mol. The molecule has 0 bridgehead atoms. The fraction of sp³-hybridized carbons (Fsp3) is 0.130. The Morgan fingerprint density at radius 2 is 1.73 bits per heavy atom. The zero-order valence-electron chi connectivity index (χ0n) is 17.0. The van der Waals surface area contributed by atoms with E-state index >= 15 is 0 Å². The maximum Gasteiger partial charge on any atom is 0.255 e. The van der Waals surface area contributed by atoms with Gasteiger partial charge in [0.1, 0.15) is 34.7 Å². The number of hydrogen-bond acceptors (Lipinski definition) is 5. The molecule has 6 nitrogen and oxygen atoms in total. The second-order valence-electron chi connectivity index (χ2n) is 7.45. The third-order valence-corrected chi connectivity index (χ3v) is 4.93. The smallest absolute Gasteiger partial charge is 0.255 e. The monoisotopic (exact) mass is 460 g/mol. The maximum absolute atomic E-state index is 14.5. The highest BCUT2D eigenvalue weighted by Crippen LogP contribution is 2.37. The van der Waals surface area contributed by atoms with E-state index in [1.807, 2.05) is 0 Å². The van der Waals surface area contributed by atoms with Gasteiger partial charge in [-0.3, -0.25) is 9.36 Å². The summed E-state index contributed by atoms with van der Waals surface area (Å²) in [6.07, 6.45) is 1.07. The van der Waals surface area contributed by atoms with Crippen LogP contribution in [0.1, 0.15) is 12.8 Å². The van der Waals surface area contributed by atoms with E-state index in [1.165, 1.54) is 13.0 Å². The lowest BCUT2D eigenvalue weighted by molar-refractivity contribution is -0.0234. The van der Waals surface area contributed by atoms with Gasteiger partial charge in [0.05, 0.1) is 12.2 Å². The van der Waals surface area contributed by atoms with Crippen molar-refractivity contribution < 1.29 is 32.2 Å². The van der Waals surface area contributed by atoms with Gasteiger partial charge in [-0.2, -0.15) is 0 Å². The zero-order valence-corrected chi connectivity index (χ0v) is 17.0. The number of pyridine rings is 1. The Kier molecular flexibility index (Phi) is 5.64. The number of benzene rings is 2. The van der Waals surface area contributed by atoms with Crippen molar-refractivity contribution in [3.63, 3.8) is 0 Å². The van der Waals surface area contributed by atoms with Crippen molar-refractivity contribution in [3.05, 3.63) is 94.2 Å². The van der Waals surface area contributed by atoms with Crippen LogP contribution in [0.5, 0.6) is 0 Å². The van der Waals surface area contributed by atoms with Gasteiger partial charge in [0.2, 0.25) is 5.89 Å². The van der Waals surface area contributed by atoms with Crippen LogP contribution in [0.25, 0.3) is 28.3 Å². The van der Waals surface area contributed by atoms with Crippen LogP contribution in [0.2, 0.25) is 0 Å². The molecule has 4 aromatic rings. The molecule has 0 spiro atoms. The number of halogens is 4. The second kappa shape index (κ2) is 8.30. The van der Waals surface area contributed by atoms with Crippen LogP contribution in [0.3, 0.4) is 0 Å². The Morgan fingerprint density at radius 3 is 2.36 bits per heavy atom. The standard InChI is InChI=1S/C23H16F4N2O4/c1-23(32,11-30)22-28-19(21(33-22)14-7-6-13(24)9-17(14)27)12-5-8-18(31)29(10-12)20-15(25)3-2-4-16(20)26/h2-10,30,32H,11H2,1H3/t23-/m1/s1. The number of hydrogen-bond donors (Lipinski definition) is 2. The Labute approximate surface area is 184 Å². The molecule has 170 valence electrons. The number of aliphatic hydroxyl groups is 2. The van der Waals surface area contributed by atoms with Crippen molar-refractivity contribution in [1.82, 2.24) is 9.55 Å². The van der Waals surface area contributed by atoms with Gasteiger partial charge >= 0.3 is 0 Å². The molecule has 0 saturated carbocycles. The summed E-state index contributed by atoms with van der Waals surface area (Å²) in [5, 5.41) is 19.8. The van der Waals surface area contributed by atoms with E-state index in [-0.39, 0.29) is 22.6 Å².